The van der Waals surface area contributed by atoms with Crippen molar-refractivity contribution in [2.75, 3.05) is 45.2 Å². The van der Waals surface area contributed by atoms with Crippen LogP contribution in [-0.2, 0) is 20.7 Å². The summed E-state index contributed by atoms with van der Waals surface area (Å²) in [7, 11) is 1.52. The maximum absolute atomic E-state index is 13.0. The number of hydrogen-bond acceptors (Lipinski definition) is 7. The molecule has 2 aromatic heterocycles. The Morgan fingerprint density at radius 1 is 1.14 bits per heavy atom. The number of hydrogen-bond donors (Lipinski definition) is 2. The van der Waals surface area contributed by atoms with Crippen LogP contribution in [0.15, 0.2) is 58.7 Å². The lowest BCUT2D eigenvalue weighted by Crippen LogP contribution is -2.41. The number of aromatic nitrogens is 3. The number of methoxy groups -OCH3 is 1. The molecule has 3 amide bonds. The van der Waals surface area contributed by atoms with Crippen LogP contribution in [-0.4, -0.2) is 82.0 Å². The molecule has 1 aliphatic heterocycles. The molecule has 5 rings (SSSR count). The van der Waals surface area contributed by atoms with Crippen molar-refractivity contribution < 1.29 is 19.1 Å². The van der Waals surface area contributed by atoms with Crippen molar-refractivity contribution in [3.05, 3.63) is 80.7 Å². The van der Waals surface area contributed by atoms with Crippen molar-refractivity contribution in [2.45, 2.75) is 25.3 Å². The Morgan fingerprint density at radius 2 is 1.88 bits per heavy atom. The second-order valence-electron chi connectivity index (χ2n) is 10.0. The average molecular weight is 611 g/mol. The van der Waals surface area contributed by atoms with E-state index < -0.39 is 5.91 Å². The van der Waals surface area contributed by atoms with E-state index >= 15 is 0 Å². The van der Waals surface area contributed by atoms with Crippen molar-refractivity contribution >= 4 is 56.8 Å². The number of piperidine rings is 1. The van der Waals surface area contributed by atoms with Gasteiger partial charge in [0.1, 0.15) is 6.54 Å². The number of aromatic amines is 1. The third kappa shape index (κ3) is 6.89. The molecule has 2 N–H and O–H groups in total. The zero-order chi connectivity index (χ0) is 29.6. The Hall–Kier alpha value is -4.00. The predicted molar refractivity (Wildman–Crippen MR) is 161 cm³/mol. The molecule has 11 nitrogen and oxygen atoms in total. The van der Waals surface area contributed by atoms with Crippen molar-refractivity contribution in [3.8, 4) is 0 Å². The molecule has 13 heteroatoms. The molecule has 42 heavy (non-hydrogen) atoms. The van der Waals surface area contributed by atoms with Gasteiger partial charge in [-0.05, 0) is 49.2 Å². The number of imidazole rings is 1. The number of ether oxygens (including phenoxy) is 1. The van der Waals surface area contributed by atoms with Gasteiger partial charge < -0.3 is 24.8 Å². The monoisotopic (exact) mass is 610 g/mol. The van der Waals surface area contributed by atoms with E-state index in [1.54, 1.807) is 39.1 Å². The fourth-order valence-corrected chi connectivity index (χ4v) is 5.94. The molecular weight excluding hydrogens is 580 g/mol. The summed E-state index contributed by atoms with van der Waals surface area (Å²) in [6.45, 7) is 1.40. The number of H-pyrrole nitrogens is 1. The summed E-state index contributed by atoms with van der Waals surface area (Å²) in [6.07, 6.45) is 1.47. The maximum atomic E-state index is 13.0. The topological polar surface area (TPSA) is 130 Å². The first kappa shape index (κ1) is 29.5. The minimum Gasteiger partial charge on any atom is -0.383 e. The Balaban J connectivity index is 1.13. The number of likely N-dealkylation sites (tertiary alicyclic amines) is 1. The Labute approximate surface area is 251 Å². The first-order valence-corrected chi connectivity index (χ1v) is 14.8. The van der Waals surface area contributed by atoms with Crippen molar-refractivity contribution in [1.82, 2.24) is 24.3 Å². The number of amides is 3. The van der Waals surface area contributed by atoms with Crippen LogP contribution in [0, 0.1) is 0 Å². The van der Waals surface area contributed by atoms with E-state index in [9.17, 15) is 19.2 Å². The fraction of sp³-hybridized carbons (Fsp3) is 0.345. The first-order valence-electron chi connectivity index (χ1n) is 13.6. The van der Waals surface area contributed by atoms with Gasteiger partial charge in [0.15, 0.2) is 5.13 Å². The number of carbonyl (C=O) groups is 3. The minimum atomic E-state index is -0.407. The fourth-order valence-electron chi connectivity index (χ4n) is 5.08. The van der Waals surface area contributed by atoms with Crippen LogP contribution in [0.5, 0.6) is 0 Å². The van der Waals surface area contributed by atoms with Crippen LogP contribution in [0.2, 0.25) is 5.02 Å². The SMILES string of the molecule is COCCN(CC(=O)Nc1nc(CC(=O)N2CCC(n3c(=O)[nH]c4ccccc43)CC2)cs1)C(=O)c1ccc(Cl)cc1. The highest BCUT2D eigenvalue weighted by Gasteiger charge is 2.27. The van der Waals surface area contributed by atoms with Gasteiger partial charge in [0, 0.05) is 48.8 Å². The molecule has 220 valence electrons. The van der Waals surface area contributed by atoms with Crippen LogP contribution in [0.1, 0.15) is 34.9 Å². The number of nitrogens with one attached hydrogen (secondary N) is 2. The van der Waals surface area contributed by atoms with Gasteiger partial charge >= 0.3 is 5.69 Å². The van der Waals surface area contributed by atoms with Crippen LogP contribution >= 0.6 is 22.9 Å². The zero-order valence-electron chi connectivity index (χ0n) is 23.0. The van der Waals surface area contributed by atoms with Crippen molar-refractivity contribution in [2.24, 2.45) is 0 Å². The number of fused-ring (bicyclic) bond motifs is 1. The van der Waals surface area contributed by atoms with Crippen LogP contribution in [0.25, 0.3) is 11.0 Å². The van der Waals surface area contributed by atoms with Crippen LogP contribution in [0.4, 0.5) is 5.13 Å². The number of nitrogens with zero attached hydrogens (tertiary/aromatic N) is 4. The highest BCUT2D eigenvalue weighted by molar-refractivity contribution is 7.13. The van der Waals surface area contributed by atoms with Crippen LogP contribution < -0.4 is 11.0 Å². The lowest BCUT2D eigenvalue weighted by molar-refractivity contribution is -0.131. The number of para-hydroxylation sites is 2. The number of thiazole rings is 1. The van der Waals surface area contributed by atoms with E-state index in [2.05, 4.69) is 15.3 Å². The molecule has 0 aliphatic carbocycles. The van der Waals surface area contributed by atoms with Gasteiger partial charge in [-0.25, -0.2) is 9.78 Å². The quantitative estimate of drug-likeness (QED) is 0.282. The molecule has 1 fully saturated rings. The van der Waals surface area contributed by atoms with E-state index in [1.807, 2.05) is 24.3 Å². The van der Waals surface area contributed by atoms with Gasteiger partial charge in [-0.3, -0.25) is 19.0 Å². The summed E-state index contributed by atoms with van der Waals surface area (Å²) < 4.78 is 6.90. The zero-order valence-corrected chi connectivity index (χ0v) is 24.6. The molecule has 4 aromatic rings. The van der Waals surface area contributed by atoms with Gasteiger partial charge in [0.2, 0.25) is 11.8 Å². The van der Waals surface area contributed by atoms with Gasteiger partial charge in [-0.2, -0.15) is 0 Å². The largest absolute Gasteiger partial charge is 0.383 e. The van der Waals surface area contributed by atoms with Gasteiger partial charge in [0.25, 0.3) is 5.91 Å². The summed E-state index contributed by atoms with van der Waals surface area (Å²) in [4.78, 5) is 61.8. The Morgan fingerprint density at radius 3 is 2.62 bits per heavy atom. The third-order valence-corrected chi connectivity index (χ3v) is 8.27. The molecule has 0 bridgehead atoms. The smallest absolute Gasteiger partial charge is 0.326 e. The van der Waals surface area contributed by atoms with E-state index in [-0.39, 0.29) is 49.7 Å². The normalized spacial score (nSPS) is 13.8. The van der Waals surface area contributed by atoms with E-state index in [1.165, 1.54) is 23.3 Å². The summed E-state index contributed by atoms with van der Waals surface area (Å²) in [5.74, 6) is -0.778. The van der Waals surface area contributed by atoms with Gasteiger partial charge in [-0.1, -0.05) is 23.7 Å². The molecule has 0 spiro atoms. The van der Waals surface area contributed by atoms with Crippen LogP contribution in [0.3, 0.4) is 0 Å². The van der Waals surface area contributed by atoms with Crippen molar-refractivity contribution in [3.63, 3.8) is 0 Å². The van der Waals surface area contributed by atoms with E-state index in [4.69, 9.17) is 16.3 Å². The number of rotatable bonds is 10. The lowest BCUT2D eigenvalue weighted by Gasteiger charge is -2.32. The van der Waals surface area contributed by atoms with E-state index in [0.717, 1.165) is 11.0 Å². The second kappa shape index (κ2) is 13.3. The summed E-state index contributed by atoms with van der Waals surface area (Å²) in [5.41, 5.74) is 2.53. The molecular formula is C29H31ClN6O5S. The maximum Gasteiger partial charge on any atom is 0.326 e. The molecule has 1 saturated heterocycles. The first-order chi connectivity index (χ1) is 20.3. The van der Waals surface area contributed by atoms with E-state index in [0.29, 0.717) is 47.3 Å². The summed E-state index contributed by atoms with van der Waals surface area (Å²) >= 11 is 7.15. The minimum absolute atomic E-state index is 0.0221. The molecule has 0 unspecified atom stereocenters. The third-order valence-electron chi connectivity index (χ3n) is 7.21. The molecule has 0 saturated carbocycles. The molecule has 0 atom stereocenters. The highest BCUT2D eigenvalue weighted by atomic mass is 35.5. The Kier molecular flexibility index (Phi) is 9.35. The highest BCUT2D eigenvalue weighted by Crippen LogP contribution is 2.25. The summed E-state index contributed by atoms with van der Waals surface area (Å²) in [5, 5.41) is 5.34. The average Bonchev–Trinajstić information content (AvgIpc) is 3.57. The second-order valence-corrected chi connectivity index (χ2v) is 11.3. The molecule has 1 aliphatic rings. The number of anilines is 1. The number of halogens is 1. The standard InChI is InChI=1S/C29H31ClN6O5S/c1-41-15-14-35(27(39)19-6-8-20(30)9-7-19)17-25(37)33-28-31-21(18-42-28)16-26(38)34-12-10-22(11-13-34)36-24-5-3-2-4-23(24)32-29(36)40/h2-9,18,22H,10-17H2,1H3,(H,32,40)(H,31,33,37). The molecule has 3 heterocycles. The summed E-state index contributed by atoms with van der Waals surface area (Å²) in [6, 6.07) is 14.1. The Bertz CT molecular complexity index is 1620. The van der Waals surface area contributed by atoms with Gasteiger partial charge in [-0.15, -0.1) is 11.3 Å². The lowest BCUT2D eigenvalue weighted by atomic mass is 10.0. The van der Waals surface area contributed by atoms with Crippen molar-refractivity contribution in [1.29, 1.82) is 0 Å². The molecule has 0 radical (unpaired) electrons. The van der Waals surface area contributed by atoms with Gasteiger partial charge in [0.05, 0.1) is 29.8 Å². The number of benzene rings is 2. The predicted octanol–water partition coefficient (Wildman–Crippen LogP) is 3.57. The number of carbonyl (C=O) groups excluding carboxylic acids is 3. The molecule has 2 aromatic carbocycles.